The van der Waals surface area contributed by atoms with Crippen molar-refractivity contribution in [3.05, 3.63) is 0 Å². The van der Waals surface area contributed by atoms with Crippen molar-refractivity contribution in [2.24, 2.45) is 0 Å². The fraction of sp³-hybridized carbons (Fsp3) is 0.667. The lowest BCUT2D eigenvalue weighted by Crippen LogP contribution is -2.23. The van der Waals surface area contributed by atoms with Gasteiger partial charge in [0.25, 0.3) is 0 Å². The third kappa shape index (κ3) is 7.12. The minimum Gasteiger partial charge on any atom is -0.550 e. The number of rotatable bonds is 5. The molecule has 64 valence electrons. The van der Waals surface area contributed by atoms with E-state index in [1.807, 2.05) is 0 Å². The molecule has 0 heterocycles. The first-order valence-corrected chi connectivity index (χ1v) is 3.61. The highest BCUT2D eigenvalue weighted by Crippen LogP contribution is 1.91. The van der Waals surface area contributed by atoms with Crippen molar-refractivity contribution in [3.8, 4) is 0 Å². The average molecular weight is 180 g/mol. The Balaban J connectivity index is 3.30. The van der Waals surface area contributed by atoms with Gasteiger partial charge < -0.3 is 14.6 Å². The molecule has 0 aliphatic rings. The predicted molar refractivity (Wildman–Crippen MR) is 35.9 cm³/mol. The normalized spacial score (nSPS) is 9.18. The first kappa shape index (κ1) is 10.2. The molecule has 4 nitrogen and oxygen atoms in total. The highest BCUT2D eigenvalue weighted by atomic mass is 35.5. The first-order chi connectivity index (χ1) is 5.16. The van der Waals surface area contributed by atoms with E-state index in [-0.39, 0.29) is 25.3 Å². The summed E-state index contributed by atoms with van der Waals surface area (Å²) in [6, 6.07) is 0. The molecule has 11 heavy (non-hydrogen) atoms. The smallest absolute Gasteiger partial charge is 0.306 e. The zero-order valence-electron chi connectivity index (χ0n) is 5.84. The van der Waals surface area contributed by atoms with Gasteiger partial charge in [-0.25, -0.2) is 0 Å². The number of aliphatic carboxylic acids is 1. The minimum absolute atomic E-state index is 0.118. The second kappa shape index (κ2) is 5.97. The van der Waals surface area contributed by atoms with E-state index in [9.17, 15) is 14.7 Å². The van der Waals surface area contributed by atoms with E-state index in [1.165, 1.54) is 0 Å². The van der Waals surface area contributed by atoms with Crippen LogP contribution in [0.1, 0.15) is 12.8 Å². The van der Waals surface area contributed by atoms with Crippen molar-refractivity contribution in [2.45, 2.75) is 12.8 Å². The van der Waals surface area contributed by atoms with Crippen LogP contribution >= 0.6 is 11.6 Å². The molecule has 0 N–H and O–H groups in total. The van der Waals surface area contributed by atoms with Crippen molar-refractivity contribution in [1.82, 2.24) is 0 Å². The van der Waals surface area contributed by atoms with E-state index in [4.69, 9.17) is 11.6 Å². The maximum absolute atomic E-state index is 10.5. The number of hydrogen-bond donors (Lipinski definition) is 0. The summed E-state index contributed by atoms with van der Waals surface area (Å²) in [5.41, 5.74) is 0. The summed E-state index contributed by atoms with van der Waals surface area (Å²) in [6.07, 6.45) is -0.458. The van der Waals surface area contributed by atoms with Crippen LogP contribution in [-0.2, 0) is 14.3 Å². The summed E-state index contributed by atoms with van der Waals surface area (Å²) in [4.78, 5) is 20.4. The van der Waals surface area contributed by atoms with Gasteiger partial charge in [-0.3, -0.25) is 4.79 Å². The molecule has 0 aromatic heterocycles. The molecule has 5 heteroatoms. The van der Waals surface area contributed by atoms with Crippen LogP contribution in [0.25, 0.3) is 0 Å². The van der Waals surface area contributed by atoms with Gasteiger partial charge in [0.15, 0.2) is 0 Å². The number of carbonyl (C=O) groups is 2. The molecule has 0 aliphatic heterocycles. The number of hydrogen-bond acceptors (Lipinski definition) is 4. The van der Waals surface area contributed by atoms with Gasteiger partial charge in [-0.2, -0.15) is 0 Å². The zero-order chi connectivity index (χ0) is 8.69. The van der Waals surface area contributed by atoms with E-state index < -0.39 is 11.9 Å². The Kier molecular flexibility index (Phi) is 5.56. The maximum Gasteiger partial charge on any atom is 0.306 e. The van der Waals surface area contributed by atoms with Crippen molar-refractivity contribution in [3.63, 3.8) is 0 Å². The Bertz CT molecular complexity index is 146. The van der Waals surface area contributed by atoms with Crippen LogP contribution < -0.4 is 5.11 Å². The predicted octanol–water partition coefficient (Wildman–Crippen LogP) is -0.702. The summed E-state index contributed by atoms with van der Waals surface area (Å²) < 4.78 is 4.48. The van der Waals surface area contributed by atoms with Gasteiger partial charge in [0, 0.05) is 5.97 Å². The minimum atomic E-state index is -1.26. The quantitative estimate of drug-likeness (QED) is 0.414. The lowest BCUT2D eigenvalue weighted by molar-refractivity contribution is -0.305. The third-order valence-corrected chi connectivity index (χ3v) is 1.03. The Morgan fingerprint density at radius 3 is 2.45 bits per heavy atom. The van der Waals surface area contributed by atoms with Crippen molar-refractivity contribution in [2.75, 3.05) is 12.5 Å². The van der Waals surface area contributed by atoms with Crippen LogP contribution in [0.5, 0.6) is 0 Å². The average Bonchev–Trinajstić information content (AvgIpc) is 1.97. The van der Waals surface area contributed by atoms with E-state index in [2.05, 4.69) is 4.74 Å². The number of carbonyl (C=O) groups excluding carboxylic acids is 2. The summed E-state index contributed by atoms with van der Waals surface area (Å²) >= 11 is 5.20. The molecule has 0 fully saturated rings. The third-order valence-electron chi connectivity index (χ3n) is 0.873. The lowest BCUT2D eigenvalue weighted by Gasteiger charge is -2.02. The molecular weight excluding hydrogens is 172 g/mol. The van der Waals surface area contributed by atoms with E-state index >= 15 is 0 Å². The molecule has 0 rings (SSSR count). The lowest BCUT2D eigenvalue weighted by atomic mass is 10.3. The van der Waals surface area contributed by atoms with E-state index in [1.54, 1.807) is 0 Å². The van der Waals surface area contributed by atoms with Gasteiger partial charge in [-0.05, 0) is 6.42 Å². The molecule has 0 saturated heterocycles. The summed E-state index contributed by atoms with van der Waals surface area (Å²) in [5, 5.41) is 9.83. The second-order valence-corrected chi connectivity index (χ2v) is 2.16. The van der Waals surface area contributed by atoms with Crippen LogP contribution in [-0.4, -0.2) is 24.4 Å². The second-order valence-electron chi connectivity index (χ2n) is 1.78. The Labute approximate surface area is 69.1 Å². The summed E-state index contributed by atoms with van der Waals surface area (Å²) in [6.45, 7) is 0.118. The van der Waals surface area contributed by atoms with Crippen LogP contribution in [0.4, 0.5) is 0 Å². The van der Waals surface area contributed by atoms with Crippen molar-refractivity contribution >= 4 is 23.5 Å². The number of esters is 1. The van der Waals surface area contributed by atoms with Crippen LogP contribution in [0, 0.1) is 0 Å². The molecule has 0 aromatic carbocycles. The number of carboxylic acids is 1. The van der Waals surface area contributed by atoms with Gasteiger partial charge in [0.1, 0.15) is 6.61 Å². The Morgan fingerprint density at radius 2 is 2.00 bits per heavy atom. The Hall–Kier alpha value is -0.770. The molecule has 0 aliphatic carbocycles. The molecule has 0 amide bonds. The molecule has 0 unspecified atom stereocenters. The van der Waals surface area contributed by atoms with E-state index in [0.29, 0.717) is 0 Å². The molecule has 0 spiro atoms. The molecule has 0 aromatic rings. The van der Waals surface area contributed by atoms with Crippen molar-refractivity contribution < 1.29 is 19.4 Å². The SMILES string of the molecule is O=C([O-])CCC(=O)OCCCl. The molecule has 0 atom stereocenters. The topological polar surface area (TPSA) is 66.4 Å². The number of halogens is 1. The zero-order valence-corrected chi connectivity index (χ0v) is 6.60. The standard InChI is InChI=1S/C6H9ClO4/c7-3-4-11-6(10)2-1-5(8)9/h1-4H2,(H,8,9)/p-1. The van der Waals surface area contributed by atoms with Gasteiger partial charge in [-0.1, -0.05) is 0 Å². The van der Waals surface area contributed by atoms with Crippen molar-refractivity contribution in [1.29, 1.82) is 0 Å². The summed E-state index contributed by atoms with van der Waals surface area (Å²) in [7, 11) is 0. The highest BCUT2D eigenvalue weighted by Gasteiger charge is 2.00. The molecule has 0 bridgehead atoms. The van der Waals surface area contributed by atoms with Gasteiger partial charge in [0.05, 0.1) is 12.3 Å². The van der Waals surface area contributed by atoms with Gasteiger partial charge >= 0.3 is 5.97 Å². The van der Waals surface area contributed by atoms with Crippen LogP contribution in [0.3, 0.4) is 0 Å². The molecule has 0 saturated carbocycles. The van der Waals surface area contributed by atoms with Crippen LogP contribution in [0.15, 0.2) is 0 Å². The molecular formula is C6H8ClO4-. The monoisotopic (exact) mass is 179 g/mol. The first-order valence-electron chi connectivity index (χ1n) is 3.08. The highest BCUT2D eigenvalue weighted by molar-refractivity contribution is 6.18. The Morgan fingerprint density at radius 1 is 1.36 bits per heavy atom. The fourth-order valence-corrected chi connectivity index (χ4v) is 0.506. The van der Waals surface area contributed by atoms with Gasteiger partial charge in [-0.15, -0.1) is 11.6 Å². The number of carboxylic acid groups (broad SMARTS) is 1. The fourth-order valence-electron chi connectivity index (χ4n) is 0.429. The molecule has 0 radical (unpaired) electrons. The summed E-state index contributed by atoms with van der Waals surface area (Å²) in [5.74, 6) is -1.60. The van der Waals surface area contributed by atoms with Gasteiger partial charge in [0.2, 0.25) is 0 Å². The van der Waals surface area contributed by atoms with Crippen LogP contribution in [0.2, 0.25) is 0 Å². The number of alkyl halides is 1. The van der Waals surface area contributed by atoms with E-state index in [0.717, 1.165) is 0 Å². The maximum atomic E-state index is 10.5. The number of ether oxygens (including phenoxy) is 1. The largest absolute Gasteiger partial charge is 0.550 e.